The Labute approximate surface area is 377 Å². The molecule has 16 heteroatoms. The molecule has 2 aliphatic heterocycles. The summed E-state index contributed by atoms with van der Waals surface area (Å²) in [6.45, 7) is 17.9. The van der Waals surface area contributed by atoms with Gasteiger partial charge in [-0.25, -0.2) is 0 Å². The molecule has 0 aromatic rings. The van der Waals surface area contributed by atoms with E-state index >= 15 is 0 Å². The Morgan fingerprint density at radius 1 is 0.688 bits per heavy atom. The first kappa shape index (κ1) is 48.5. The SMILES string of the molecule is CC(=O)O[C@@H]1[C@@H](OC(C)=O)[C@H](O[C@H]2CC[C@]34C[C@]35CC[C@]3(C)[C@@H]([C@@]6(C)CC[C@H](C(C)(C)O)O6)[C@@H](O)C[C@@]3(C)[C@@H]5C[C@H](O[C@@H]3O[C@H](CO)[C@@H](O)[C@H](O)[C@H]3O)[C@@H]4C2(C)C)CC[C@H]1OC(C)=O. The van der Waals surface area contributed by atoms with Gasteiger partial charge in [0.05, 0.1) is 48.3 Å². The average molecular weight is 909 g/mol. The molecule has 0 bridgehead atoms. The highest BCUT2D eigenvalue weighted by molar-refractivity contribution is 5.68. The summed E-state index contributed by atoms with van der Waals surface area (Å²) in [6, 6.07) is 0. The van der Waals surface area contributed by atoms with Crippen LogP contribution in [0.2, 0.25) is 0 Å². The van der Waals surface area contributed by atoms with Crippen molar-refractivity contribution in [1.82, 2.24) is 0 Å². The summed E-state index contributed by atoms with van der Waals surface area (Å²) in [5, 5.41) is 66.6. The van der Waals surface area contributed by atoms with Gasteiger partial charge in [-0.3, -0.25) is 14.4 Å². The maximum atomic E-state index is 12.6. The van der Waals surface area contributed by atoms with Crippen LogP contribution in [0.1, 0.15) is 140 Å². The van der Waals surface area contributed by atoms with Gasteiger partial charge in [-0.2, -0.15) is 0 Å². The molecule has 6 N–H and O–H groups in total. The molecule has 6 saturated carbocycles. The average Bonchev–Trinajstić information content (AvgIpc) is 3.55. The van der Waals surface area contributed by atoms with Crippen LogP contribution in [-0.4, -0.2) is 146 Å². The second-order valence-electron chi connectivity index (χ2n) is 23.2. The Morgan fingerprint density at radius 3 is 1.91 bits per heavy atom. The van der Waals surface area contributed by atoms with Gasteiger partial charge in [0.1, 0.15) is 30.5 Å². The number of hydrogen-bond acceptors (Lipinski definition) is 16. The van der Waals surface area contributed by atoms with E-state index in [0.717, 1.165) is 32.1 Å². The van der Waals surface area contributed by atoms with Crippen LogP contribution in [0.4, 0.5) is 0 Å². The zero-order valence-corrected chi connectivity index (χ0v) is 39.5. The van der Waals surface area contributed by atoms with Crippen molar-refractivity contribution in [2.75, 3.05) is 6.61 Å². The third kappa shape index (κ3) is 7.40. The van der Waals surface area contributed by atoms with Crippen LogP contribution < -0.4 is 0 Å². The first-order valence-corrected chi connectivity index (χ1v) is 23.9. The minimum Gasteiger partial charge on any atom is -0.458 e. The Balaban J connectivity index is 1.14. The lowest BCUT2D eigenvalue weighted by molar-refractivity contribution is -0.333. The topological polar surface area (TPSA) is 237 Å². The summed E-state index contributed by atoms with van der Waals surface area (Å²) in [7, 11) is 0. The van der Waals surface area contributed by atoms with Gasteiger partial charge < -0.3 is 63.8 Å². The van der Waals surface area contributed by atoms with Gasteiger partial charge in [-0.15, -0.1) is 0 Å². The van der Waals surface area contributed by atoms with E-state index in [2.05, 4.69) is 34.6 Å². The molecule has 2 saturated heterocycles. The van der Waals surface area contributed by atoms with E-state index in [1.165, 1.54) is 20.8 Å². The van der Waals surface area contributed by atoms with Crippen molar-refractivity contribution in [3.8, 4) is 0 Å². The van der Waals surface area contributed by atoms with Crippen molar-refractivity contribution in [1.29, 1.82) is 0 Å². The monoisotopic (exact) mass is 909 g/mol. The highest BCUT2D eigenvalue weighted by atomic mass is 16.7. The molecule has 0 unspecified atom stereocenters. The van der Waals surface area contributed by atoms with Crippen LogP contribution in [0.25, 0.3) is 0 Å². The predicted molar refractivity (Wildman–Crippen MR) is 226 cm³/mol. The Bertz CT molecular complexity index is 1800. The lowest BCUT2D eigenvalue weighted by Crippen LogP contribution is -2.65. The van der Waals surface area contributed by atoms with E-state index in [-0.39, 0.29) is 45.5 Å². The molecule has 16 nitrogen and oxygen atoms in total. The van der Waals surface area contributed by atoms with Gasteiger partial charge in [-0.1, -0.05) is 27.7 Å². The molecule has 21 atom stereocenters. The van der Waals surface area contributed by atoms with Crippen molar-refractivity contribution in [3.63, 3.8) is 0 Å². The number of esters is 3. The van der Waals surface area contributed by atoms with Crippen LogP contribution in [0.3, 0.4) is 0 Å². The van der Waals surface area contributed by atoms with E-state index in [4.69, 9.17) is 33.2 Å². The van der Waals surface area contributed by atoms with Crippen molar-refractivity contribution in [3.05, 3.63) is 0 Å². The summed E-state index contributed by atoms with van der Waals surface area (Å²) in [5.41, 5.74) is -3.38. The summed E-state index contributed by atoms with van der Waals surface area (Å²) in [6.07, 6.45) is -5.67. The first-order chi connectivity index (χ1) is 29.7. The number of aliphatic hydroxyl groups excluding tert-OH is 5. The van der Waals surface area contributed by atoms with Gasteiger partial charge in [-0.05, 0) is 130 Å². The fourth-order valence-electron chi connectivity index (χ4n) is 16.3. The highest BCUT2D eigenvalue weighted by Crippen LogP contribution is 2.89. The molecule has 8 rings (SSSR count). The van der Waals surface area contributed by atoms with Gasteiger partial charge in [0.2, 0.25) is 0 Å². The maximum Gasteiger partial charge on any atom is 0.303 e. The van der Waals surface area contributed by atoms with Crippen LogP contribution >= 0.6 is 0 Å². The summed E-state index contributed by atoms with van der Waals surface area (Å²) in [5.74, 6) is -2.08. The number of carbonyl (C=O) groups is 3. The molecule has 8 fully saturated rings. The van der Waals surface area contributed by atoms with E-state index in [1.807, 2.05) is 0 Å². The van der Waals surface area contributed by atoms with E-state index < -0.39 is 115 Å². The molecule has 364 valence electrons. The normalized spacial score (nSPS) is 51.8. The third-order valence-electron chi connectivity index (χ3n) is 18.9. The second-order valence-corrected chi connectivity index (χ2v) is 23.2. The molecule has 8 aliphatic rings. The fourth-order valence-corrected chi connectivity index (χ4v) is 16.3. The summed E-state index contributed by atoms with van der Waals surface area (Å²) in [4.78, 5) is 37.2. The summed E-state index contributed by atoms with van der Waals surface area (Å²) >= 11 is 0. The fraction of sp³-hybridized carbons (Fsp3) is 0.938. The number of rotatable bonds is 10. The van der Waals surface area contributed by atoms with Crippen LogP contribution in [0.15, 0.2) is 0 Å². The zero-order valence-electron chi connectivity index (χ0n) is 39.5. The first-order valence-electron chi connectivity index (χ1n) is 23.9. The highest BCUT2D eigenvalue weighted by Gasteiger charge is 2.85. The molecular weight excluding hydrogens is 833 g/mol. The van der Waals surface area contributed by atoms with Gasteiger partial charge in [0, 0.05) is 26.7 Å². The molecule has 0 amide bonds. The van der Waals surface area contributed by atoms with Gasteiger partial charge in [0.25, 0.3) is 0 Å². The summed E-state index contributed by atoms with van der Waals surface area (Å²) < 4.78 is 44.1. The molecule has 64 heavy (non-hydrogen) atoms. The third-order valence-corrected chi connectivity index (χ3v) is 18.9. The lowest BCUT2D eigenvalue weighted by atomic mass is 9.41. The predicted octanol–water partition coefficient (Wildman–Crippen LogP) is 3.24. The molecular formula is C48H76O16. The molecule has 6 aliphatic carbocycles. The number of fused-ring (bicyclic) bond motifs is 2. The zero-order chi connectivity index (χ0) is 46.9. The number of aliphatic hydroxyl groups is 6. The maximum absolute atomic E-state index is 12.6. The van der Waals surface area contributed by atoms with E-state index in [9.17, 15) is 45.0 Å². The van der Waals surface area contributed by atoms with E-state index in [0.29, 0.717) is 38.5 Å². The van der Waals surface area contributed by atoms with Crippen molar-refractivity contribution in [2.24, 2.45) is 44.8 Å². The molecule has 2 heterocycles. The molecule has 0 aromatic heterocycles. The Hall–Kier alpha value is -1.99. The van der Waals surface area contributed by atoms with Crippen LogP contribution in [0.5, 0.6) is 0 Å². The van der Waals surface area contributed by atoms with Gasteiger partial charge in [0.15, 0.2) is 18.5 Å². The van der Waals surface area contributed by atoms with Crippen LogP contribution in [0, 0.1) is 44.8 Å². The standard InChI is InChI=1S/C48H76O16/c1-23(50)58-27-11-12-28(38(60-25(3)52)37(27)59-24(2)51)61-32-14-16-48-22-47(48)18-17-44(8)39(46(10)15-13-33(64-46)43(6,7)57)26(53)20-45(44,9)31(47)19-29(40(48)42(32,4)5)62-41-36(56)35(55)34(54)30(21-49)63-41/h26-41,49,53-57H,11-22H2,1-10H3/t26-,27+,28+,29-,30+,31-,32-,33+,34+,35-,36+,37-,38-,39-,40+,41+,44+,45-,46+,47-,48+/m0/s1. The van der Waals surface area contributed by atoms with Crippen LogP contribution in [-0.2, 0) is 47.5 Å². The minimum atomic E-state index is -1.63. The minimum absolute atomic E-state index is 0.0716. The molecule has 0 radical (unpaired) electrons. The lowest BCUT2D eigenvalue weighted by Gasteiger charge is -2.65. The molecule has 2 spiro atoms. The number of ether oxygens (including phenoxy) is 7. The molecule has 0 aromatic carbocycles. The largest absolute Gasteiger partial charge is 0.458 e. The smallest absolute Gasteiger partial charge is 0.303 e. The van der Waals surface area contributed by atoms with Crippen molar-refractivity contribution < 1.29 is 78.2 Å². The van der Waals surface area contributed by atoms with E-state index in [1.54, 1.807) is 13.8 Å². The second kappa shape index (κ2) is 16.3. The quantitative estimate of drug-likeness (QED) is 0.105. The Kier molecular flexibility index (Phi) is 12.4. The van der Waals surface area contributed by atoms with Crippen molar-refractivity contribution in [2.45, 2.75) is 231 Å². The van der Waals surface area contributed by atoms with Gasteiger partial charge >= 0.3 is 17.9 Å². The number of carbonyl (C=O) groups excluding carboxylic acids is 3. The van der Waals surface area contributed by atoms with Crippen molar-refractivity contribution >= 4 is 17.9 Å². The Morgan fingerprint density at radius 2 is 1.31 bits per heavy atom. The number of hydrogen-bond donors (Lipinski definition) is 6.